The molecular weight excluding hydrogens is 254 g/mol. The van der Waals surface area contributed by atoms with Gasteiger partial charge in [0.2, 0.25) is 0 Å². The molecule has 1 aliphatic rings. The van der Waals surface area contributed by atoms with Crippen molar-refractivity contribution in [2.24, 2.45) is 5.92 Å². The molecule has 0 saturated carbocycles. The fourth-order valence-corrected chi connectivity index (χ4v) is 2.64. The highest BCUT2D eigenvalue weighted by molar-refractivity contribution is 5.28. The molecule has 0 bridgehead atoms. The molecule has 0 radical (unpaired) electrons. The molecule has 0 amide bonds. The Kier molecular flexibility index (Phi) is 3.56. The van der Waals surface area contributed by atoms with Crippen molar-refractivity contribution < 1.29 is 0 Å². The second-order valence-corrected chi connectivity index (χ2v) is 5.88. The van der Waals surface area contributed by atoms with Gasteiger partial charge in [0.25, 0.3) is 11.3 Å². The summed E-state index contributed by atoms with van der Waals surface area (Å²) in [5.41, 5.74) is 0.776. The van der Waals surface area contributed by atoms with Crippen molar-refractivity contribution in [3.8, 4) is 0 Å². The van der Waals surface area contributed by atoms with Crippen molar-refractivity contribution in [3.05, 3.63) is 27.9 Å². The Labute approximate surface area is 117 Å². The molecule has 6 heteroatoms. The highest BCUT2D eigenvalue weighted by Crippen LogP contribution is 2.15. The maximum atomic E-state index is 12.1. The zero-order valence-corrected chi connectivity index (χ0v) is 12.0. The zero-order valence-electron chi connectivity index (χ0n) is 12.0. The maximum Gasteiger partial charge on any atom is 0.274 e. The van der Waals surface area contributed by atoms with Crippen LogP contribution in [-0.2, 0) is 6.42 Å². The number of aryl methyl sites for hydroxylation is 1. The Morgan fingerprint density at radius 3 is 3.00 bits per heavy atom. The number of fused-ring (bicyclic) bond motifs is 1. The van der Waals surface area contributed by atoms with E-state index in [1.54, 1.807) is 6.07 Å². The van der Waals surface area contributed by atoms with Crippen molar-refractivity contribution in [2.45, 2.75) is 39.0 Å². The molecule has 2 N–H and O–H groups in total. The fourth-order valence-electron chi connectivity index (χ4n) is 2.64. The van der Waals surface area contributed by atoms with Crippen LogP contribution in [0, 0.1) is 5.92 Å². The predicted molar refractivity (Wildman–Crippen MR) is 77.0 cm³/mol. The molecule has 1 saturated heterocycles. The van der Waals surface area contributed by atoms with E-state index in [1.165, 1.54) is 10.9 Å². The molecule has 3 rings (SSSR count). The summed E-state index contributed by atoms with van der Waals surface area (Å²) in [4.78, 5) is 21.0. The van der Waals surface area contributed by atoms with Crippen LogP contribution in [0.3, 0.4) is 0 Å². The quantitative estimate of drug-likeness (QED) is 0.875. The second kappa shape index (κ2) is 5.36. The summed E-state index contributed by atoms with van der Waals surface area (Å²) in [5, 5.41) is 6.37. The van der Waals surface area contributed by atoms with E-state index in [4.69, 9.17) is 0 Å². The van der Waals surface area contributed by atoms with Crippen LogP contribution < -0.4 is 10.9 Å². The van der Waals surface area contributed by atoms with Crippen molar-refractivity contribution in [3.63, 3.8) is 0 Å². The molecule has 1 unspecified atom stereocenters. The van der Waals surface area contributed by atoms with Gasteiger partial charge in [0, 0.05) is 12.0 Å². The predicted octanol–water partition coefficient (Wildman–Crippen LogP) is 1.08. The topological polar surface area (TPSA) is 75.1 Å². The first-order valence-electron chi connectivity index (χ1n) is 7.33. The number of hydrogen-bond acceptors (Lipinski definition) is 4. The van der Waals surface area contributed by atoms with Gasteiger partial charge in [0.15, 0.2) is 0 Å². The molecule has 108 valence electrons. The van der Waals surface area contributed by atoms with Gasteiger partial charge in [-0.2, -0.15) is 9.50 Å². The highest BCUT2D eigenvalue weighted by atomic mass is 16.1. The third-order valence-corrected chi connectivity index (χ3v) is 3.92. The lowest BCUT2D eigenvalue weighted by atomic mass is 10.0. The van der Waals surface area contributed by atoms with Gasteiger partial charge in [-0.1, -0.05) is 13.8 Å². The summed E-state index contributed by atoms with van der Waals surface area (Å²) in [5.74, 6) is 2.25. The minimum Gasteiger partial charge on any atom is -0.316 e. The van der Waals surface area contributed by atoms with Crippen LogP contribution in [0.1, 0.15) is 44.1 Å². The summed E-state index contributed by atoms with van der Waals surface area (Å²) >= 11 is 0. The minimum atomic E-state index is -0.0750. The molecule has 20 heavy (non-hydrogen) atoms. The minimum absolute atomic E-state index is 0.0750. The maximum absolute atomic E-state index is 12.1. The van der Waals surface area contributed by atoms with E-state index < -0.39 is 0 Å². The lowest BCUT2D eigenvalue weighted by Crippen LogP contribution is -2.16. The Morgan fingerprint density at radius 1 is 1.45 bits per heavy atom. The normalized spacial score (nSPS) is 19.2. The highest BCUT2D eigenvalue weighted by Gasteiger charge is 2.15. The van der Waals surface area contributed by atoms with Gasteiger partial charge in [-0.15, -0.1) is 0 Å². The molecule has 0 aliphatic carbocycles. The number of nitrogens with one attached hydrogen (secondary N) is 2. The lowest BCUT2D eigenvalue weighted by Gasteiger charge is -2.06. The summed E-state index contributed by atoms with van der Waals surface area (Å²) in [6, 6.07) is 1.62. The van der Waals surface area contributed by atoms with E-state index in [0.29, 0.717) is 11.7 Å². The van der Waals surface area contributed by atoms with E-state index in [1.807, 2.05) is 13.8 Å². The molecule has 0 spiro atoms. The van der Waals surface area contributed by atoms with Crippen molar-refractivity contribution in [2.75, 3.05) is 13.1 Å². The summed E-state index contributed by atoms with van der Waals surface area (Å²) < 4.78 is 1.43. The van der Waals surface area contributed by atoms with Crippen molar-refractivity contribution >= 4 is 5.78 Å². The summed E-state index contributed by atoms with van der Waals surface area (Å²) in [6.07, 6.45) is 3.15. The molecule has 1 fully saturated rings. The molecule has 0 aromatic carbocycles. The first kappa shape index (κ1) is 13.3. The van der Waals surface area contributed by atoms with Crippen LogP contribution in [-0.4, -0.2) is 32.7 Å². The monoisotopic (exact) mass is 275 g/mol. The van der Waals surface area contributed by atoms with Crippen LogP contribution in [0.2, 0.25) is 0 Å². The number of rotatable bonds is 4. The molecule has 1 atom stereocenters. The molecule has 6 nitrogen and oxygen atoms in total. The number of nitrogens with zero attached hydrogens (tertiary/aromatic N) is 3. The van der Waals surface area contributed by atoms with Crippen molar-refractivity contribution in [1.29, 1.82) is 0 Å². The number of H-pyrrole nitrogens is 1. The van der Waals surface area contributed by atoms with Gasteiger partial charge in [0.05, 0.1) is 5.69 Å². The first-order chi connectivity index (χ1) is 9.63. The number of aromatic amines is 1. The van der Waals surface area contributed by atoms with Gasteiger partial charge >= 0.3 is 0 Å². The van der Waals surface area contributed by atoms with Crippen LogP contribution >= 0.6 is 0 Å². The SMILES string of the molecule is CC(C)c1nc2nc(CCC3CCNC3)cc(=O)n2[nH]1. The first-order valence-corrected chi connectivity index (χ1v) is 7.33. The largest absolute Gasteiger partial charge is 0.316 e. The Hall–Kier alpha value is -1.69. The van der Waals surface area contributed by atoms with E-state index >= 15 is 0 Å². The van der Waals surface area contributed by atoms with Gasteiger partial charge in [-0.3, -0.25) is 9.89 Å². The molecule has 3 heterocycles. The van der Waals surface area contributed by atoms with E-state index in [9.17, 15) is 4.79 Å². The van der Waals surface area contributed by atoms with E-state index in [-0.39, 0.29) is 11.5 Å². The Balaban J connectivity index is 1.83. The molecule has 2 aromatic heterocycles. The van der Waals surface area contributed by atoms with Crippen LogP contribution in [0.15, 0.2) is 10.9 Å². The summed E-state index contributed by atoms with van der Waals surface area (Å²) in [7, 11) is 0. The van der Waals surface area contributed by atoms with Crippen LogP contribution in [0.4, 0.5) is 0 Å². The molecule has 1 aliphatic heterocycles. The Bertz CT molecular complexity index is 651. The Morgan fingerprint density at radius 2 is 2.30 bits per heavy atom. The van der Waals surface area contributed by atoms with Gasteiger partial charge < -0.3 is 5.32 Å². The molecule has 2 aromatic rings. The third kappa shape index (κ3) is 2.60. The average molecular weight is 275 g/mol. The summed E-state index contributed by atoms with van der Waals surface area (Å²) in [6.45, 7) is 6.27. The average Bonchev–Trinajstić information content (AvgIpc) is 3.05. The fraction of sp³-hybridized carbons (Fsp3) is 0.643. The van der Waals surface area contributed by atoms with Gasteiger partial charge in [0.1, 0.15) is 5.82 Å². The number of aromatic nitrogens is 4. The zero-order chi connectivity index (χ0) is 14.1. The van der Waals surface area contributed by atoms with Gasteiger partial charge in [-0.25, -0.2) is 4.98 Å². The standard InChI is InChI=1S/C14H21N5O/c1-9(2)13-17-14-16-11(7-12(20)19(14)18-13)4-3-10-5-6-15-8-10/h7,9-10,15H,3-6,8H2,1-2H3,(H,16,17,18). The lowest BCUT2D eigenvalue weighted by molar-refractivity contribution is 0.529. The molecular formula is C14H21N5O. The second-order valence-electron chi connectivity index (χ2n) is 5.88. The smallest absolute Gasteiger partial charge is 0.274 e. The van der Waals surface area contributed by atoms with Crippen LogP contribution in [0.25, 0.3) is 5.78 Å². The van der Waals surface area contributed by atoms with E-state index in [2.05, 4.69) is 20.4 Å². The van der Waals surface area contributed by atoms with Crippen LogP contribution in [0.5, 0.6) is 0 Å². The third-order valence-electron chi connectivity index (χ3n) is 3.92. The number of hydrogen-bond donors (Lipinski definition) is 2. The van der Waals surface area contributed by atoms with Crippen molar-refractivity contribution in [1.82, 2.24) is 24.9 Å². The van der Waals surface area contributed by atoms with E-state index in [0.717, 1.165) is 37.4 Å². The van der Waals surface area contributed by atoms with Gasteiger partial charge in [-0.05, 0) is 38.3 Å².